The number of amides is 1. The van der Waals surface area contributed by atoms with Gasteiger partial charge in [-0.15, -0.1) is 0 Å². The SMILES string of the molecule is Cc1cc(CN2CCN(C(=O)O)CC2)ccc1CCOc1ccc(F)cc1. The molecule has 0 aliphatic carbocycles. The lowest BCUT2D eigenvalue weighted by Crippen LogP contribution is -2.47. The molecule has 1 aliphatic rings. The van der Waals surface area contributed by atoms with E-state index in [1.165, 1.54) is 33.7 Å². The van der Waals surface area contributed by atoms with E-state index < -0.39 is 6.09 Å². The van der Waals surface area contributed by atoms with E-state index in [9.17, 15) is 9.18 Å². The van der Waals surface area contributed by atoms with E-state index in [2.05, 4.69) is 30.0 Å². The van der Waals surface area contributed by atoms with Gasteiger partial charge in [0, 0.05) is 39.1 Å². The minimum atomic E-state index is -0.835. The zero-order chi connectivity index (χ0) is 19.2. The molecule has 6 heteroatoms. The topological polar surface area (TPSA) is 53.0 Å². The number of hydrogen-bond donors (Lipinski definition) is 1. The first-order chi connectivity index (χ1) is 13.0. The monoisotopic (exact) mass is 372 g/mol. The van der Waals surface area contributed by atoms with Gasteiger partial charge in [-0.25, -0.2) is 9.18 Å². The average Bonchev–Trinajstić information content (AvgIpc) is 2.65. The number of benzene rings is 2. The number of rotatable bonds is 6. The number of nitrogens with zero attached hydrogens (tertiary/aromatic N) is 2. The summed E-state index contributed by atoms with van der Waals surface area (Å²) in [4.78, 5) is 14.7. The second kappa shape index (κ2) is 8.86. The highest BCUT2D eigenvalue weighted by Gasteiger charge is 2.20. The molecule has 1 amide bonds. The van der Waals surface area contributed by atoms with Crippen LogP contribution in [0.15, 0.2) is 42.5 Å². The molecule has 0 spiro atoms. The van der Waals surface area contributed by atoms with Crippen LogP contribution in [-0.2, 0) is 13.0 Å². The van der Waals surface area contributed by atoms with Gasteiger partial charge in [0.05, 0.1) is 6.61 Å². The van der Waals surface area contributed by atoms with Gasteiger partial charge in [-0.05, 0) is 47.9 Å². The van der Waals surface area contributed by atoms with E-state index in [0.29, 0.717) is 25.4 Å². The van der Waals surface area contributed by atoms with Crippen molar-refractivity contribution in [2.24, 2.45) is 0 Å². The summed E-state index contributed by atoms with van der Waals surface area (Å²) in [5, 5.41) is 9.02. The third-order valence-electron chi connectivity index (χ3n) is 4.91. The van der Waals surface area contributed by atoms with Gasteiger partial charge in [0.15, 0.2) is 0 Å². The molecule has 1 N–H and O–H groups in total. The van der Waals surface area contributed by atoms with Gasteiger partial charge in [-0.1, -0.05) is 18.2 Å². The molecule has 144 valence electrons. The van der Waals surface area contributed by atoms with Gasteiger partial charge in [-0.2, -0.15) is 0 Å². The van der Waals surface area contributed by atoms with Gasteiger partial charge in [-0.3, -0.25) is 4.90 Å². The molecule has 2 aromatic rings. The van der Waals surface area contributed by atoms with Gasteiger partial charge < -0.3 is 14.7 Å². The second-order valence-electron chi connectivity index (χ2n) is 6.86. The number of carboxylic acid groups (broad SMARTS) is 1. The molecule has 27 heavy (non-hydrogen) atoms. The molecule has 2 aromatic carbocycles. The largest absolute Gasteiger partial charge is 0.493 e. The minimum Gasteiger partial charge on any atom is -0.493 e. The lowest BCUT2D eigenvalue weighted by Gasteiger charge is -2.33. The van der Waals surface area contributed by atoms with Crippen molar-refractivity contribution in [3.63, 3.8) is 0 Å². The van der Waals surface area contributed by atoms with Crippen molar-refractivity contribution in [3.8, 4) is 5.75 Å². The highest BCUT2D eigenvalue weighted by molar-refractivity contribution is 5.65. The summed E-state index contributed by atoms with van der Waals surface area (Å²) in [7, 11) is 0. The first-order valence-corrected chi connectivity index (χ1v) is 9.18. The molecule has 1 heterocycles. The van der Waals surface area contributed by atoms with Crippen LogP contribution in [0.3, 0.4) is 0 Å². The third-order valence-corrected chi connectivity index (χ3v) is 4.91. The van der Waals surface area contributed by atoms with Crippen LogP contribution < -0.4 is 4.74 Å². The van der Waals surface area contributed by atoms with Crippen molar-refractivity contribution >= 4 is 6.09 Å². The molecule has 3 rings (SSSR count). The maximum absolute atomic E-state index is 12.9. The predicted octanol–water partition coefficient (Wildman–Crippen LogP) is 3.55. The van der Waals surface area contributed by atoms with Gasteiger partial charge in [0.2, 0.25) is 0 Å². The molecule has 0 bridgehead atoms. The standard InChI is InChI=1S/C21H25FN2O3/c1-16-14-17(15-23-9-11-24(12-10-23)21(25)26)2-3-18(16)8-13-27-20-6-4-19(22)5-7-20/h2-7,14H,8-13,15H2,1H3,(H,25,26). The molecular formula is C21H25FN2O3. The van der Waals surface area contributed by atoms with E-state index in [-0.39, 0.29) is 5.82 Å². The van der Waals surface area contributed by atoms with Crippen molar-refractivity contribution in [2.75, 3.05) is 32.8 Å². The van der Waals surface area contributed by atoms with Crippen LogP contribution in [0, 0.1) is 12.7 Å². The Balaban J connectivity index is 1.48. The Labute approximate surface area is 159 Å². The van der Waals surface area contributed by atoms with E-state index in [1.807, 2.05) is 0 Å². The number of carbonyl (C=O) groups is 1. The Morgan fingerprint density at radius 1 is 1.11 bits per heavy atom. The Morgan fingerprint density at radius 3 is 2.44 bits per heavy atom. The summed E-state index contributed by atoms with van der Waals surface area (Å²) in [6.45, 7) is 6.13. The molecule has 0 atom stereocenters. The Kier molecular flexibility index (Phi) is 6.29. The highest BCUT2D eigenvalue weighted by atomic mass is 19.1. The normalized spacial score (nSPS) is 15.0. The number of aryl methyl sites for hydroxylation is 1. The minimum absolute atomic E-state index is 0.266. The van der Waals surface area contributed by atoms with Gasteiger partial charge in [0.25, 0.3) is 0 Å². The van der Waals surface area contributed by atoms with Crippen molar-refractivity contribution < 1.29 is 19.0 Å². The summed E-state index contributed by atoms with van der Waals surface area (Å²) >= 11 is 0. The fourth-order valence-corrected chi connectivity index (χ4v) is 3.30. The number of piperazine rings is 1. The quantitative estimate of drug-likeness (QED) is 0.843. The fraction of sp³-hybridized carbons (Fsp3) is 0.381. The Bertz CT molecular complexity index is 771. The van der Waals surface area contributed by atoms with Crippen LogP contribution in [-0.4, -0.2) is 53.8 Å². The maximum Gasteiger partial charge on any atom is 0.407 e. The van der Waals surface area contributed by atoms with Crippen LogP contribution in [0.25, 0.3) is 0 Å². The predicted molar refractivity (Wildman–Crippen MR) is 102 cm³/mol. The van der Waals surface area contributed by atoms with Crippen molar-refractivity contribution in [1.82, 2.24) is 9.80 Å². The molecule has 0 saturated carbocycles. The Morgan fingerprint density at radius 2 is 1.81 bits per heavy atom. The molecule has 0 unspecified atom stereocenters. The van der Waals surface area contributed by atoms with Gasteiger partial charge in [0.1, 0.15) is 11.6 Å². The second-order valence-corrected chi connectivity index (χ2v) is 6.86. The highest BCUT2D eigenvalue weighted by Crippen LogP contribution is 2.16. The fourth-order valence-electron chi connectivity index (χ4n) is 3.30. The maximum atomic E-state index is 12.9. The Hall–Kier alpha value is -2.60. The number of ether oxygens (including phenoxy) is 1. The van der Waals surface area contributed by atoms with Crippen LogP contribution in [0.2, 0.25) is 0 Å². The molecule has 0 aromatic heterocycles. The first kappa shape index (κ1) is 19.2. The van der Waals surface area contributed by atoms with Gasteiger partial charge >= 0.3 is 6.09 Å². The van der Waals surface area contributed by atoms with Crippen LogP contribution in [0.1, 0.15) is 16.7 Å². The van der Waals surface area contributed by atoms with E-state index in [1.54, 1.807) is 12.1 Å². The summed E-state index contributed by atoms with van der Waals surface area (Å²) in [6, 6.07) is 12.5. The lowest BCUT2D eigenvalue weighted by atomic mass is 10.0. The average molecular weight is 372 g/mol. The zero-order valence-electron chi connectivity index (χ0n) is 15.5. The van der Waals surface area contributed by atoms with Crippen molar-refractivity contribution in [2.45, 2.75) is 19.9 Å². The first-order valence-electron chi connectivity index (χ1n) is 9.18. The molecule has 0 radical (unpaired) electrons. The third kappa shape index (κ3) is 5.44. The van der Waals surface area contributed by atoms with Crippen LogP contribution in [0.4, 0.5) is 9.18 Å². The van der Waals surface area contributed by atoms with E-state index in [4.69, 9.17) is 9.84 Å². The van der Waals surface area contributed by atoms with Crippen molar-refractivity contribution in [3.05, 3.63) is 65.0 Å². The number of halogens is 1. The molecule has 1 saturated heterocycles. The number of hydrogen-bond acceptors (Lipinski definition) is 3. The summed E-state index contributed by atoms with van der Waals surface area (Å²) in [5.74, 6) is 0.407. The van der Waals surface area contributed by atoms with E-state index in [0.717, 1.165) is 26.1 Å². The van der Waals surface area contributed by atoms with Crippen molar-refractivity contribution in [1.29, 1.82) is 0 Å². The van der Waals surface area contributed by atoms with E-state index >= 15 is 0 Å². The molecule has 5 nitrogen and oxygen atoms in total. The lowest BCUT2D eigenvalue weighted by molar-refractivity contribution is 0.103. The molecule has 1 aliphatic heterocycles. The molecule has 1 fully saturated rings. The smallest absolute Gasteiger partial charge is 0.407 e. The molecular weight excluding hydrogens is 347 g/mol. The van der Waals surface area contributed by atoms with Crippen LogP contribution in [0.5, 0.6) is 5.75 Å². The summed E-state index contributed by atoms with van der Waals surface area (Å²) in [5.41, 5.74) is 3.69. The summed E-state index contributed by atoms with van der Waals surface area (Å²) in [6.07, 6.45) is -0.0430. The van der Waals surface area contributed by atoms with Crippen LogP contribution >= 0.6 is 0 Å². The summed E-state index contributed by atoms with van der Waals surface area (Å²) < 4.78 is 18.6. The zero-order valence-corrected chi connectivity index (χ0v) is 15.5.